The normalized spacial score (nSPS) is 13.1. The molecule has 116 valence electrons. The number of nitrogens with one attached hydrogen (secondary N) is 1. The summed E-state index contributed by atoms with van der Waals surface area (Å²) in [6, 6.07) is 5.59. The average Bonchev–Trinajstić information content (AvgIpc) is 2.50. The highest BCUT2D eigenvalue weighted by Crippen LogP contribution is 2.18. The SMILES string of the molecule is CCC(C)C(NC(=O)N(C)c1ccc(OC)cc1)C(=O)O. The van der Waals surface area contributed by atoms with Crippen molar-refractivity contribution in [2.75, 3.05) is 19.1 Å². The van der Waals surface area contributed by atoms with Gasteiger partial charge >= 0.3 is 12.0 Å². The van der Waals surface area contributed by atoms with Gasteiger partial charge in [-0.15, -0.1) is 0 Å². The highest BCUT2D eigenvalue weighted by atomic mass is 16.5. The van der Waals surface area contributed by atoms with Crippen LogP contribution in [0.1, 0.15) is 20.3 Å². The quantitative estimate of drug-likeness (QED) is 0.844. The Morgan fingerprint density at radius 3 is 2.33 bits per heavy atom. The molecule has 2 unspecified atom stereocenters. The van der Waals surface area contributed by atoms with Gasteiger partial charge in [-0.25, -0.2) is 9.59 Å². The van der Waals surface area contributed by atoms with Crippen LogP contribution >= 0.6 is 0 Å². The van der Waals surface area contributed by atoms with Gasteiger partial charge in [0.15, 0.2) is 0 Å². The van der Waals surface area contributed by atoms with Gasteiger partial charge in [0.25, 0.3) is 0 Å². The minimum Gasteiger partial charge on any atom is -0.497 e. The number of amides is 2. The first kappa shape index (κ1) is 16.8. The number of nitrogens with zero attached hydrogens (tertiary/aromatic N) is 1. The number of carboxylic acid groups (broad SMARTS) is 1. The van der Waals surface area contributed by atoms with Crippen LogP contribution < -0.4 is 15.0 Å². The van der Waals surface area contributed by atoms with E-state index in [2.05, 4.69) is 5.32 Å². The van der Waals surface area contributed by atoms with Gasteiger partial charge in [0.05, 0.1) is 7.11 Å². The summed E-state index contributed by atoms with van der Waals surface area (Å²) < 4.78 is 5.05. The fourth-order valence-electron chi connectivity index (χ4n) is 1.84. The van der Waals surface area contributed by atoms with Gasteiger partial charge in [0, 0.05) is 12.7 Å². The minimum atomic E-state index is -1.03. The molecule has 0 aliphatic carbocycles. The summed E-state index contributed by atoms with van der Waals surface area (Å²) in [5.41, 5.74) is 0.654. The molecule has 2 N–H and O–H groups in total. The Balaban J connectivity index is 2.78. The number of carbonyl (C=O) groups excluding carboxylic acids is 1. The summed E-state index contributed by atoms with van der Waals surface area (Å²) in [5.74, 6) is -0.480. The standard InChI is InChI=1S/C15H22N2O4/c1-5-10(2)13(14(18)19)16-15(20)17(3)11-6-8-12(21-4)9-7-11/h6-10,13H,5H2,1-4H3,(H,16,20)(H,18,19). The molecule has 1 rings (SSSR count). The van der Waals surface area contributed by atoms with Gasteiger partial charge in [0.1, 0.15) is 11.8 Å². The zero-order valence-corrected chi connectivity index (χ0v) is 12.8. The van der Waals surface area contributed by atoms with Crippen molar-refractivity contribution in [1.29, 1.82) is 0 Å². The second-order valence-corrected chi connectivity index (χ2v) is 4.91. The molecule has 0 saturated heterocycles. The monoisotopic (exact) mass is 294 g/mol. The lowest BCUT2D eigenvalue weighted by atomic mass is 9.99. The Kier molecular flexibility index (Phi) is 6.02. The molecule has 6 nitrogen and oxygen atoms in total. The van der Waals surface area contributed by atoms with E-state index in [1.807, 2.05) is 6.92 Å². The fourth-order valence-corrected chi connectivity index (χ4v) is 1.84. The molecule has 0 radical (unpaired) electrons. The zero-order valence-electron chi connectivity index (χ0n) is 12.8. The van der Waals surface area contributed by atoms with E-state index in [9.17, 15) is 14.7 Å². The minimum absolute atomic E-state index is 0.143. The Labute approximate surface area is 124 Å². The van der Waals surface area contributed by atoms with Crippen LogP contribution in [0.15, 0.2) is 24.3 Å². The third-order valence-corrected chi connectivity index (χ3v) is 3.52. The van der Waals surface area contributed by atoms with E-state index in [0.29, 0.717) is 17.9 Å². The van der Waals surface area contributed by atoms with E-state index in [1.165, 1.54) is 4.90 Å². The molecule has 1 aromatic carbocycles. The summed E-state index contributed by atoms with van der Waals surface area (Å²) >= 11 is 0. The predicted molar refractivity (Wildman–Crippen MR) is 80.8 cm³/mol. The zero-order chi connectivity index (χ0) is 16.0. The number of methoxy groups -OCH3 is 1. The molecule has 2 atom stereocenters. The number of aliphatic carboxylic acids is 1. The van der Waals surface area contributed by atoms with Gasteiger partial charge in [0.2, 0.25) is 0 Å². The van der Waals surface area contributed by atoms with Gasteiger partial charge in [-0.1, -0.05) is 20.3 Å². The molecular weight excluding hydrogens is 272 g/mol. The number of hydrogen-bond donors (Lipinski definition) is 2. The van der Waals surface area contributed by atoms with Crippen LogP contribution in [-0.4, -0.2) is 37.3 Å². The summed E-state index contributed by atoms with van der Waals surface area (Å²) in [4.78, 5) is 24.8. The Bertz CT molecular complexity index is 487. The van der Waals surface area contributed by atoms with Crippen molar-refractivity contribution >= 4 is 17.7 Å². The molecule has 0 aliphatic rings. The second kappa shape index (κ2) is 7.52. The number of hydrogen-bond acceptors (Lipinski definition) is 3. The first-order valence-corrected chi connectivity index (χ1v) is 6.81. The van der Waals surface area contributed by atoms with Crippen LogP contribution in [-0.2, 0) is 4.79 Å². The van der Waals surface area contributed by atoms with Crippen LogP contribution in [0.2, 0.25) is 0 Å². The number of rotatable bonds is 6. The summed E-state index contributed by atoms with van der Waals surface area (Å²) in [6.45, 7) is 3.69. The van der Waals surface area contributed by atoms with Gasteiger partial charge < -0.3 is 15.2 Å². The van der Waals surface area contributed by atoms with Gasteiger partial charge in [-0.2, -0.15) is 0 Å². The third-order valence-electron chi connectivity index (χ3n) is 3.52. The smallest absolute Gasteiger partial charge is 0.326 e. The van der Waals surface area contributed by atoms with E-state index < -0.39 is 18.0 Å². The Morgan fingerprint density at radius 1 is 1.33 bits per heavy atom. The molecule has 0 aliphatic heterocycles. The van der Waals surface area contributed by atoms with Crippen molar-refractivity contribution in [2.45, 2.75) is 26.3 Å². The van der Waals surface area contributed by atoms with Crippen molar-refractivity contribution in [3.8, 4) is 5.75 Å². The third kappa shape index (κ3) is 4.37. The van der Waals surface area contributed by atoms with Crippen molar-refractivity contribution in [3.05, 3.63) is 24.3 Å². The lowest BCUT2D eigenvalue weighted by Crippen LogP contribution is -2.49. The van der Waals surface area contributed by atoms with Crippen molar-refractivity contribution < 1.29 is 19.4 Å². The summed E-state index contributed by atoms with van der Waals surface area (Å²) in [5, 5.41) is 11.7. The predicted octanol–water partition coefficient (Wildman–Crippen LogP) is 2.34. The molecule has 2 amide bonds. The Morgan fingerprint density at radius 2 is 1.90 bits per heavy atom. The maximum atomic E-state index is 12.2. The summed E-state index contributed by atoms with van der Waals surface area (Å²) in [6.07, 6.45) is 0.670. The molecule has 0 bridgehead atoms. The van der Waals surface area contributed by atoms with Crippen LogP contribution in [0.5, 0.6) is 5.75 Å². The number of anilines is 1. The number of benzene rings is 1. The molecule has 0 heterocycles. The van der Waals surface area contributed by atoms with E-state index in [-0.39, 0.29) is 5.92 Å². The molecule has 0 fully saturated rings. The molecule has 0 spiro atoms. The second-order valence-electron chi connectivity index (χ2n) is 4.91. The van der Waals surface area contributed by atoms with Gasteiger partial charge in [-0.3, -0.25) is 4.90 Å². The van der Waals surface area contributed by atoms with Crippen LogP contribution in [0, 0.1) is 5.92 Å². The molecule has 0 saturated carbocycles. The van der Waals surface area contributed by atoms with E-state index in [4.69, 9.17) is 4.74 Å². The molecule has 6 heteroatoms. The largest absolute Gasteiger partial charge is 0.497 e. The lowest BCUT2D eigenvalue weighted by Gasteiger charge is -2.24. The lowest BCUT2D eigenvalue weighted by molar-refractivity contribution is -0.140. The van der Waals surface area contributed by atoms with Crippen molar-refractivity contribution in [3.63, 3.8) is 0 Å². The average molecular weight is 294 g/mol. The number of carboxylic acids is 1. The van der Waals surface area contributed by atoms with E-state index in [0.717, 1.165) is 0 Å². The van der Waals surface area contributed by atoms with Crippen LogP contribution in [0.25, 0.3) is 0 Å². The first-order valence-electron chi connectivity index (χ1n) is 6.81. The first-order chi connectivity index (χ1) is 9.90. The van der Waals surface area contributed by atoms with Crippen molar-refractivity contribution in [2.24, 2.45) is 5.92 Å². The highest BCUT2D eigenvalue weighted by molar-refractivity contribution is 5.94. The topological polar surface area (TPSA) is 78.9 Å². The fraction of sp³-hybridized carbons (Fsp3) is 0.467. The molecule has 21 heavy (non-hydrogen) atoms. The number of carbonyl (C=O) groups is 2. The highest BCUT2D eigenvalue weighted by Gasteiger charge is 2.26. The van der Waals surface area contributed by atoms with E-state index in [1.54, 1.807) is 45.3 Å². The van der Waals surface area contributed by atoms with Crippen LogP contribution in [0.3, 0.4) is 0 Å². The Hall–Kier alpha value is -2.24. The molecule has 0 aromatic heterocycles. The van der Waals surface area contributed by atoms with E-state index >= 15 is 0 Å². The van der Waals surface area contributed by atoms with Crippen molar-refractivity contribution in [1.82, 2.24) is 5.32 Å². The van der Waals surface area contributed by atoms with Gasteiger partial charge in [-0.05, 0) is 30.2 Å². The molecule has 1 aromatic rings. The maximum Gasteiger partial charge on any atom is 0.326 e. The maximum absolute atomic E-state index is 12.2. The summed E-state index contributed by atoms with van der Waals surface area (Å²) in [7, 11) is 3.15. The molecular formula is C15H22N2O4. The number of ether oxygens (including phenoxy) is 1. The number of urea groups is 1. The van der Waals surface area contributed by atoms with Crippen LogP contribution in [0.4, 0.5) is 10.5 Å².